The number of rotatable bonds is 2. The van der Waals surface area contributed by atoms with E-state index in [0.717, 1.165) is 19.8 Å². The summed E-state index contributed by atoms with van der Waals surface area (Å²) >= 11 is 12.9. The average molecular weight is 413 g/mol. The fourth-order valence-electron chi connectivity index (χ4n) is 2.14. The zero-order valence-corrected chi connectivity index (χ0v) is 14.0. The maximum Gasteiger partial charge on any atom is 0.196 e. The van der Waals surface area contributed by atoms with Crippen LogP contribution in [0.15, 0.2) is 51.5 Å². The van der Waals surface area contributed by atoms with Gasteiger partial charge in [0.15, 0.2) is 5.78 Å². The molecule has 1 heterocycles. The number of hydrogen-bond acceptors (Lipinski definition) is 1. The minimum atomic E-state index is -0.0717. The highest BCUT2D eigenvalue weighted by Gasteiger charge is 2.18. The fraction of sp³-hybridized carbons (Fsp3) is 0. The first-order valence-electron chi connectivity index (χ1n) is 5.83. The molecule has 3 aromatic rings. The first-order chi connectivity index (χ1) is 9.58. The molecular formula is C15H8Br2ClNO. The Morgan fingerprint density at radius 2 is 1.85 bits per heavy atom. The summed E-state index contributed by atoms with van der Waals surface area (Å²) in [6.07, 6.45) is 1.73. The summed E-state index contributed by atoms with van der Waals surface area (Å²) in [5.74, 6) is -0.0717. The number of hydrogen-bond donors (Lipinski definition) is 1. The predicted octanol–water partition coefficient (Wildman–Crippen LogP) is 5.58. The van der Waals surface area contributed by atoms with E-state index in [4.69, 9.17) is 11.6 Å². The van der Waals surface area contributed by atoms with Crippen molar-refractivity contribution in [2.45, 2.75) is 0 Å². The maximum atomic E-state index is 12.7. The second-order valence-electron chi connectivity index (χ2n) is 4.32. The standard InChI is InChI=1S/C15H8Br2ClNO/c16-11-5-4-8(18)6-9(11)15(20)10-7-19-13-3-1-2-12(17)14(10)13/h1-7,19H. The summed E-state index contributed by atoms with van der Waals surface area (Å²) in [5.41, 5.74) is 2.09. The van der Waals surface area contributed by atoms with Gasteiger partial charge in [0, 0.05) is 42.2 Å². The zero-order chi connectivity index (χ0) is 14.3. The van der Waals surface area contributed by atoms with Gasteiger partial charge in [0.1, 0.15) is 0 Å². The molecule has 0 radical (unpaired) electrons. The van der Waals surface area contributed by atoms with Gasteiger partial charge in [-0.05, 0) is 30.3 Å². The Kier molecular flexibility index (Phi) is 3.71. The number of H-pyrrole nitrogens is 1. The molecule has 1 N–H and O–H groups in total. The van der Waals surface area contributed by atoms with Gasteiger partial charge in [0.25, 0.3) is 0 Å². The van der Waals surface area contributed by atoms with Gasteiger partial charge in [-0.3, -0.25) is 4.79 Å². The lowest BCUT2D eigenvalue weighted by atomic mass is 10.0. The summed E-state index contributed by atoms with van der Waals surface area (Å²) in [6.45, 7) is 0. The van der Waals surface area contributed by atoms with Gasteiger partial charge in [0.2, 0.25) is 0 Å². The number of carbonyl (C=O) groups is 1. The van der Waals surface area contributed by atoms with E-state index >= 15 is 0 Å². The van der Waals surface area contributed by atoms with Crippen LogP contribution in [0, 0.1) is 0 Å². The van der Waals surface area contributed by atoms with Gasteiger partial charge in [-0.15, -0.1) is 0 Å². The van der Waals surface area contributed by atoms with E-state index in [-0.39, 0.29) is 5.78 Å². The Morgan fingerprint density at radius 1 is 1.05 bits per heavy atom. The quantitative estimate of drug-likeness (QED) is 0.547. The molecule has 0 saturated heterocycles. The number of ketones is 1. The SMILES string of the molecule is O=C(c1cc(Cl)ccc1Br)c1c[nH]c2cccc(Br)c12. The van der Waals surface area contributed by atoms with Crippen LogP contribution in [0.3, 0.4) is 0 Å². The van der Waals surface area contributed by atoms with E-state index in [1.165, 1.54) is 0 Å². The largest absolute Gasteiger partial charge is 0.360 e. The van der Waals surface area contributed by atoms with Gasteiger partial charge < -0.3 is 4.98 Å². The van der Waals surface area contributed by atoms with Crippen LogP contribution in [0.4, 0.5) is 0 Å². The number of aromatic nitrogens is 1. The van der Waals surface area contributed by atoms with Crippen LogP contribution >= 0.6 is 43.5 Å². The number of benzene rings is 2. The summed E-state index contributed by atoms with van der Waals surface area (Å²) < 4.78 is 1.62. The lowest BCUT2D eigenvalue weighted by Gasteiger charge is -2.04. The van der Waals surface area contributed by atoms with Crippen LogP contribution in [-0.2, 0) is 0 Å². The zero-order valence-electron chi connectivity index (χ0n) is 10.1. The molecule has 0 saturated carbocycles. The van der Waals surface area contributed by atoms with Gasteiger partial charge in [0.05, 0.1) is 0 Å². The predicted molar refractivity (Wildman–Crippen MR) is 88.6 cm³/mol. The lowest BCUT2D eigenvalue weighted by Crippen LogP contribution is -2.01. The molecule has 0 fully saturated rings. The third kappa shape index (κ3) is 2.32. The Morgan fingerprint density at radius 3 is 2.65 bits per heavy atom. The smallest absolute Gasteiger partial charge is 0.196 e. The highest BCUT2D eigenvalue weighted by molar-refractivity contribution is 9.11. The first kappa shape index (κ1) is 13.9. The van der Waals surface area contributed by atoms with Gasteiger partial charge in [-0.2, -0.15) is 0 Å². The Hall–Kier alpha value is -1.10. The van der Waals surface area contributed by atoms with Gasteiger partial charge in [-0.25, -0.2) is 0 Å². The Labute approximate surface area is 137 Å². The van der Waals surface area contributed by atoms with Crippen LogP contribution in [0.5, 0.6) is 0 Å². The topological polar surface area (TPSA) is 32.9 Å². The highest BCUT2D eigenvalue weighted by atomic mass is 79.9. The Bertz CT molecular complexity index is 826. The van der Waals surface area contributed by atoms with E-state index in [2.05, 4.69) is 36.8 Å². The molecule has 2 aromatic carbocycles. The molecule has 3 rings (SSSR count). The molecule has 0 spiro atoms. The Balaban J connectivity index is 2.21. The molecule has 2 nitrogen and oxygen atoms in total. The van der Waals surface area contributed by atoms with Gasteiger partial charge in [-0.1, -0.05) is 49.5 Å². The maximum absolute atomic E-state index is 12.7. The van der Waals surface area contributed by atoms with Crippen molar-refractivity contribution in [2.24, 2.45) is 0 Å². The molecular weight excluding hydrogens is 405 g/mol. The van der Waals surface area contributed by atoms with Crippen LogP contribution in [-0.4, -0.2) is 10.8 Å². The number of halogens is 3. The third-order valence-corrected chi connectivity index (χ3v) is 4.66. The van der Waals surface area contributed by atoms with Crippen LogP contribution in [0.2, 0.25) is 5.02 Å². The third-order valence-electron chi connectivity index (χ3n) is 3.07. The number of nitrogens with one attached hydrogen (secondary N) is 1. The molecule has 0 unspecified atom stereocenters. The van der Waals surface area contributed by atoms with Crippen molar-refractivity contribution in [3.05, 3.63) is 67.7 Å². The molecule has 0 amide bonds. The van der Waals surface area contributed by atoms with Crippen molar-refractivity contribution in [3.8, 4) is 0 Å². The van der Waals surface area contributed by atoms with E-state index < -0.39 is 0 Å². The van der Waals surface area contributed by atoms with Crippen molar-refractivity contribution in [3.63, 3.8) is 0 Å². The van der Waals surface area contributed by atoms with Crippen molar-refractivity contribution in [2.75, 3.05) is 0 Å². The molecule has 0 aliphatic carbocycles. The molecule has 0 aliphatic rings. The molecule has 100 valence electrons. The van der Waals surface area contributed by atoms with Crippen LogP contribution in [0.1, 0.15) is 15.9 Å². The van der Waals surface area contributed by atoms with E-state index in [1.807, 2.05) is 18.2 Å². The van der Waals surface area contributed by atoms with Gasteiger partial charge >= 0.3 is 0 Å². The summed E-state index contributed by atoms with van der Waals surface area (Å²) in [5, 5.41) is 1.42. The lowest BCUT2D eigenvalue weighted by molar-refractivity contribution is 0.103. The van der Waals surface area contributed by atoms with Crippen molar-refractivity contribution < 1.29 is 4.79 Å². The van der Waals surface area contributed by atoms with Crippen LogP contribution in [0.25, 0.3) is 10.9 Å². The van der Waals surface area contributed by atoms with Crippen molar-refractivity contribution in [1.29, 1.82) is 0 Å². The normalized spacial score (nSPS) is 10.9. The van der Waals surface area contributed by atoms with E-state index in [1.54, 1.807) is 24.4 Å². The number of aromatic amines is 1. The highest BCUT2D eigenvalue weighted by Crippen LogP contribution is 2.31. The molecule has 1 aromatic heterocycles. The van der Waals surface area contributed by atoms with Crippen molar-refractivity contribution in [1.82, 2.24) is 4.98 Å². The summed E-state index contributed by atoms with van der Waals surface area (Å²) in [6, 6.07) is 11.0. The van der Waals surface area contributed by atoms with E-state index in [0.29, 0.717) is 16.1 Å². The second kappa shape index (κ2) is 5.35. The molecule has 0 bridgehead atoms. The van der Waals surface area contributed by atoms with Crippen LogP contribution < -0.4 is 0 Å². The first-order valence-corrected chi connectivity index (χ1v) is 7.79. The number of carbonyl (C=O) groups excluding carboxylic acids is 1. The van der Waals surface area contributed by atoms with Crippen molar-refractivity contribution >= 4 is 60.1 Å². The summed E-state index contributed by atoms with van der Waals surface area (Å²) in [7, 11) is 0. The molecule has 0 aliphatic heterocycles. The van der Waals surface area contributed by atoms with E-state index in [9.17, 15) is 4.79 Å². The minimum Gasteiger partial charge on any atom is -0.360 e. The molecule has 0 atom stereocenters. The summed E-state index contributed by atoms with van der Waals surface area (Å²) in [4.78, 5) is 15.8. The fourth-order valence-corrected chi connectivity index (χ4v) is 3.31. The monoisotopic (exact) mass is 411 g/mol. The number of fused-ring (bicyclic) bond motifs is 1. The molecule has 5 heteroatoms. The second-order valence-corrected chi connectivity index (χ2v) is 6.46. The minimum absolute atomic E-state index is 0.0717. The molecule has 20 heavy (non-hydrogen) atoms. The average Bonchev–Trinajstić information content (AvgIpc) is 2.86.